The van der Waals surface area contributed by atoms with Crippen LogP contribution in [-0.2, 0) is 4.79 Å². The van der Waals surface area contributed by atoms with Crippen LogP contribution in [0.2, 0.25) is 0 Å². The first-order valence-corrected chi connectivity index (χ1v) is 7.54. The molecule has 1 fully saturated rings. The third-order valence-electron chi connectivity index (χ3n) is 3.10. The third-order valence-corrected chi connectivity index (χ3v) is 4.22. The van der Waals surface area contributed by atoms with E-state index in [9.17, 15) is 13.2 Å². The molecule has 0 unspecified atom stereocenters. The van der Waals surface area contributed by atoms with Crippen molar-refractivity contribution in [2.45, 2.75) is 38.8 Å². The van der Waals surface area contributed by atoms with Crippen LogP contribution in [0, 0.1) is 11.8 Å². The summed E-state index contributed by atoms with van der Waals surface area (Å²) in [5.41, 5.74) is 5.64. The summed E-state index contributed by atoms with van der Waals surface area (Å²) in [6, 6.07) is 0. The summed E-state index contributed by atoms with van der Waals surface area (Å²) in [4.78, 5) is 8.90. The zero-order valence-corrected chi connectivity index (χ0v) is 11.9. The van der Waals surface area contributed by atoms with E-state index < -0.39 is 12.1 Å². The Morgan fingerprint density at radius 1 is 1.26 bits per heavy atom. The van der Waals surface area contributed by atoms with Crippen molar-refractivity contribution in [3.05, 3.63) is 0 Å². The van der Waals surface area contributed by atoms with Gasteiger partial charge < -0.3 is 10.8 Å². The molecule has 0 radical (unpaired) electrons. The quantitative estimate of drug-likeness (QED) is 0.837. The number of nitrogens with two attached hydrogens (primary N) is 1. The van der Waals surface area contributed by atoms with Gasteiger partial charge in [-0.3, -0.25) is 0 Å². The molecule has 0 atom stereocenters. The number of aliphatic carboxylic acids is 1. The van der Waals surface area contributed by atoms with E-state index in [1.807, 2.05) is 0 Å². The topological polar surface area (TPSA) is 63.3 Å². The van der Waals surface area contributed by atoms with Crippen molar-refractivity contribution in [1.82, 2.24) is 0 Å². The molecule has 0 spiro atoms. The van der Waals surface area contributed by atoms with Gasteiger partial charge in [-0.2, -0.15) is 24.9 Å². The largest absolute Gasteiger partial charge is 0.490 e. The number of hydrogen-bond donors (Lipinski definition) is 2. The zero-order valence-electron chi connectivity index (χ0n) is 11.1. The van der Waals surface area contributed by atoms with Crippen LogP contribution in [0.4, 0.5) is 13.2 Å². The molecule has 0 amide bonds. The number of rotatable bonds is 4. The average molecular weight is 301 g/mol. The second kappa shape index (κ2) is 9.47. The van der Waals surface area contributed by atoms with E-state index in [0.29, 0.717) is 0 Å². The molecule has 7 heteroatoms. The number of alkyl halides is 3. The van der Waals surface area contributed by atoms with Gasteiger partial charge in [0, 0.05) is 0 Å². The van der Waals surface area contributed by atoms with Crippen LogP contribution < -0.4 is 5.73 Å². The van der Waals surface area contributed by atoms with Crippen molar-refractivity contribution >= 4 is 17.7 Å². The minimum Gasteiger partial charge on any atom is -0.475 e. The minimum absolute atomic E-state index is 0.841. The lowest BCUT2D eigenvalue weighted by Gasteiger charge is -2.27. The number of carboxylic acids is 1. The van der Waals surface area contributed by atoms with E-state index in [1.54, 1.807) is 0 Å². The van der Waals surface area contributed by atoms with E-state index >= 15 is 0 Å². The Hall–Kier alpha value is -0.430. The molecule has 3 N–H and O–H groups in total. The number of hydrogen-bond acceptors (Lipinski definition) is 3. The lowest BCUT2D eigenvalue weighted by Crippen LogP contribution is -2.22. The maximum absolute atomic E-state index is 10.6. The Balaban J connectivity index is 0.000000399. The molecule has 1 aliphatic rings. The Morgan fingerprint density at radius 3 is 2.00 bits per heavy atom. The molecular weight excluding hydrogens is 279 g/mol. The first-order chi connectivity index (χ1) is 8.81. The van der Waals surface area contributed by atoms with Crippen LogP contribution in [0.15, 0.2) is 0 Å². The Labute approximate surface area is 116 Å². The second-order valence-corrected chi connectivity index (χ2v) is 5.90. The van der Waals surface area contributed by atoms with Crippen molar-refractivity contribution < 1.29 is 23.1 Å². The zero-order chi connectivity index (χ0) is 14.9. The SMILES string of the molecule is CCSCC1CCC(CN)CC1.O=C(O)C(F)(F)F. The molecule has 0 aromatic heterocycles. The predicted molar refractivity (Wildman–Crippen MR) is 71.2 cm³/mol. The van der Waals surface area contributed by atoms with Gasteiger partial charge in [0.15, 0.2) is 0 Å². The van der Waals surface area contributed by atoms with Gasteiger partial charge in [0.05, 0.1) is 0 Å². The minimum atomic E-state index is -5.08. The average Bonchev–Trinajstić information content (AvgIpc) is 2.36. The van der Waals surface area contributed by atoms with Gasteiger partial charge in [0.1, 0.15) is 0 Å². The van der Waals surface area contributed by atoms with Gasteiger partial charge in [-0.15, -0.1) is 0 Å². The fourth-order valence-corrected chi connectivity index (χ4v) is 2.82. The van der Waals surface area contributed by atoms with Crippen molar-refractivity contribution in [3.8, 4) is 0 Å². The van der Waals surface area contributed by atoms with Gasteiger partial charge in [0.2, 0.25) is 0 Å². The lowest BCUT2D eigenvalue weighted by molar-refractivity contribution is -0.192. The first kappa shape index (κ1) is 18.6. The smallest absolute Gasteiger partial charge is 0.475 e. The van der Waals surface area contributed by atoms with Gasteiger partial charge >= 0.3 is 12.1 Å². The van der Waals surface area contributed by atoms with E-state index in [1.165, 1.54) is 37.2 Å². The molecular formula is C12H22F3NO2S. The van der Waals surface area contributed by atoms with Crippen molar-refractivity contribution in [2.75, 3.05) is 18.1 Å². The van der Waals surface area contributed by atoms with Crippen molar-refractivity contribution in [3.63, 3.8) is 0 Å². The molecule has 0 saturated heterocycles. The summed E-state index contributed by atoms with van der Waals surface area (Å²) in [5.74, 6) is 1.74. The normalized spacial score (nSPS) is 23.4. The van der Waals surface area contributed by atoms with Crippen molar-refractivity contribution in [2.24, 2.45) is 17.6 Å². The molecule has 19 heavy (non-hydrogen) atoms. The molecule has 3 nitrogen and oxygen atoms in total. The van der Waals surface area contributed by atoms with Crippen LogP contribution in [0.3, 0.4) is 0 Å². The van der Waals surface area contributed by atoms with Crippen LogP contribution >= 0.6 is 11.8 Å². The summed E-state index contributed by atoms with van der Waals surface area (Å²) < 4.78 is 31.7. The Morgan fingerprint density at radius 2 is 1.68 bits per heavy atom. The number of halogens is 3. The molecule has 0 bridgehead atoms. The molecule has 1 rings (SSSR count). The Bertz CT molecular complexity index is 254. The van der Waals surface area contributed by atoms with Crippen LogP contribution in [-0.4, -0.2) is 35.3 Å². The van der Waals surface area contributed by atoms with Gasteiger partial charge in [-0.1, -0.05) is 6.92 Å². The van der Waals surface area contributed by atoms with Gasteiger partial charge in [0.25, 0.3) is 0 Å². The van der Waals surface area contributed by atoms with Gasteiger partial charge in [-0.05, 0) is 55.6 Å². The molecule has 1 aliphatic carbocycles. The number of carboxylic acid groups (broad SMARTS) is 1. The summed E-state index contributed by atoms with van der Waals surface area (Å²) in [6.07, 6.45) is 0.528. The summed E-state index contributed by atoms with van der Waals surface area (Å²) in [6.45, 7) is 3.16. The number of thioether (sulfide) groups is 1. The van der Waals surface area contributed by atoms with Crippen LogP contribution in [0.25, 0.3) is 0 Å². The second-order valence-electron chi connectivity index (χ2n) is 4.58. The maximum atomic E-state index is 10.6. The van der Waals surface area contributed by atoms with Crippen molar-refractivity contribution in [1.29, 1.82) is 0 Å². The van der Waals surface area contributed by atoms with Crippen LogP contribution in [0.5, 0.6) is 0 Å². The summed E-state index contributed by atoms with van der Waals surface area (Å²) in [7, 11) is 0. The van der Waals surface area contributed by atoms with E-state index in [-0.39, 0.29) is 0 Å². The monoisotopic (exact) mass is 301 g/mol. The molecule has 1 saturated carbocycles. The molecule has 0 heterocycles. The Kier molecular flexibility index (Phi) is 9.26. The van der Waals surface area contributed by atoms with E-state index in [0.717, 1.165) is 18.4 Å². The molecule has 0 aromatic carbocycles. The predicted octanol–water partition coefficient (Wildman–Crippen LogP) is 3.14. The highest BCUT2D eigenvalue weighted by atomic mass is 32.2. The standard InChI is InChI=1S/C10H21NS.C2HF3O2/c1-2-12-8-10-5-3-9(7-11)4-6-10;3-2(4,5)1(6)7/h9-10H,2-8,11H2,1H3;(H,6,7). The highest BCUT2D eigenvalue weighted by molar-refractivity contribution is 7.99. The van der Waals surface area contributed by atoms with Crippen LogP contribution in [0.1, 0.15) is 32.6 Å². The lowest BCUT2D eigenvalue weighted by atomic mass is 9.83. The first-order valence-electron chi connectivity index (χ1n) is 6.39. The number of carbonyl (C=O) groups is 1. The highest BCUT2D eigenvalue weighted by Crippen LogP contribution is 2.30. The maximum Gasteiger partial charge on any atom is 0.490 e. The fourth-order valence-electron chi connectivity index (χ4n) is 1.92. The van der Waals surface area contributed by atoms with E-state index in [2.05, 4.69) is 18.7 Å². The van der Waals surface area contributed by atoms with E-state index in [4.69, 9.17) is 15.6 Å². The molecule has 114 valence electrons. The fraction of sp³-hybridized carbons (Fsp3) is 0.917. The summed E-state index contributed by atoms with van der Waals surface area (Å²) in [5, 5.41) is 7.12. The van der Waals surface area contributed by atoms with Gasteiger partial charge in [-0.25, -0.2) is 4.79 Å². The summed E-state index contributed by atoms with van der Waals surface area (Å²) >= 11 is 2.09. The third kappa shape index (κ3) is 9.15. The molecule has 0 aliphatic heterocycles. The molecule has 0 aromatic rings. The highest BCUT2D eigenvalue weighted by Gasteiger charge is 2.38.